The second-order valence-electron chi connectivity index (χ2n) is 5.37. The van der Waals surface area contributed by atoms with Crippen LogP contribution in [0.3, 0.4) is 0 Å². The summed E-state index contributed by atoms with van der Waals surface area (Å²) in [7, 11) is 2.18. The van der Waals surface area contributed by atoms with Gasteiger partial charge in [0.15, 0.2) is 0 Å². The van der Waals surface area contributed by atoms with Crippen molar-refractivity contribution in [3.05, 3.63) is 34.3 Å². The fraction of sp³-hybridized carbons (Fsp3) is 0.600. The van der Waals surface area contributed by atoms with Gasteiger partial charge in [0.1, 0.15) is 0 Å². The van der Waals surface area contributed by atoms with Gasteiger partial charge >= 0.3 is 0 Å². The minimum Gasteiger partial charge on any atom is -0.329 e. The maximum atomic E-state index is 5.97. The molecule has 2 atom stereocenters. The Morgan fingerprint density at radius 3 is 2.58 bits per heavy atom. The third-order valence-electron chi connectivity index (χ3n) is 4.05. The normalized spacial score (nSPS) is 23.5. The van der Waals surface area contributed by atoms with Gasteiger partial charge in [-0.3, -0.25) is 4.90 Å². The van der Waals surface area contributed by atoms with Crippen molar-refractivity contribution in [1.29, 1.82) is 0 Å². The zero-order valence-corrected chi connectivity index (χ0v) is 13.4. The van der Waals surface area contributed by atoms with Crippen LogP contribution in [0.1, 0.15) is 24.9 Å². The summed E-state index contributed by atoms with van der Waals surface area (Å²) < 4.78 is 1.14. The van der Waals surface area contributed by atoms with Crippen molar-refractivity contribution in [2.75, 3.05) is 33.2 Å². The van der Waals surface area contributed by atoms with Crippen LogP contribution in [0.5, 0.6) is 0 Å². The van der Waals surface area contributed by atoms with Gasteiger partial charge in [0.2, 0.25) is 0 Å². The molecule has 0 radical (unpaired) electrons. The van der Waals surface area contributed by atoms with Crippen molar-refractivity contribution in [2.24, 2.45) is 5.73 Å². The molecule has 1 aromatic carbocycles. The SMILES string of the molecule is CCC(c1ccc(Br)cc1)N1CCN(C)CC1CN. The van der Waals surface area contributed by atoms with Crippen molar-refractivity contribution in [3.63, 3.8) is 0 Å². The van der Waals surface area contributed by atoms with E-state index in [0.717, 1.165) is 37.1 Å². The van der Waals surface area contributed by atoms with Gasteiger partial charge in [0.05, 0.1) is 0 Å². The van der Waals surface area contributed by atoms with Crippen LogP contribution >= 0.6 is 15.9 Å². The maximum absolute atomic E-state index is 5.97. The molecule has 0 spiro atoms. The van der Waals surface area contributed by atoms with Crippen LogP contribution in [0.25, 0.3) is 0 Å². The molecule has 0 bridgehead atoms. The van der Waals surface area contributed by atoms with E-state index >= 15 is 0 Å². The summed E-state index contributed by atoms with van der Waals surface area (Å²) in [6.07, 6.45) is 1.13. The first-order valence-corrected chi connectivity index (χ1v) is 7.84. The molecule has 4 heteroatoms. The molecule has 3 nitrogen and oxygen atoms in total. The highest BCUT2D eigenvalue weighted by atomic mass is 79.9. The van der Waals surface area contributed by atoms with Crippen LogP contribution in [-0.4, -0.2) is 49.1 Å². The van der Waals surface area contributed by atoms with Crippen molar-refractivity contribution in [3.8, 4) is 0 Å². The number of hydrogen-bond donors (Lipinski definition) is 1. The summed E-state index contributed by atoms with van der Waals surface area (Å²) >= 11 is 3.51. The maximum Gasteiger partial charge on any atom is 0.0352 e. The Bertz CT molecular complexity index is 393. The molecule has 1 aliphatic rings. The molecule has 0 amide bonds. The molecule has 2 rings (SSSR count). The predicted octanol–water partition coefficient (Wildman–Crippen LogP) is 2.47. The largest absolute Gasteiger partial charge is 0.329 e. The summed E-state index contributed by atoms with van der Waals surface area (Å²) in [5, 5.41) is 0. The van der Waals surface area contributed by atoms with E-state index in [2.05, 4.69) is 64.0 Å². The van der Waals surface area contributed by atoms with Crippen molar-refractivity contribution in [2.45, 2.75) is 25.4 Å². The van der Waals surface area contributed by atoms with Crippen LogP contribution in [0.15, 0.2) is 28.7 Å². The number of piperazine rings is 1. The third kappa shape index (κ3) is 3.57. The van der Waals surface area contributed by atoms with Gasteiger partial charge in [-0.25, -0.2) is 0 Å². The number of nitrogens with zero attached hydrogens (tertiary/aromatic N) is 2. The zero-order chi connectivity index (χ0) is 13.8. The fourth-order valence-electron chi connectivity index (χ4n) is 2.99. The van der Waals surface area contributed by atoms with Crippen LogP contribution < -0.4 is 5.73 Å². The first-order chi connectivity index (χ1) is 9.15. The molecule has 0 saturated carbocycles. The third-order valence-corrected chi connectivity index (χ3v) is 4.57. The Morgan fingerprint density at radius 1 is 1.32 bits per heavy atom. The van der Waals surface area contributed by atoms with Crippen molar-refractivity contribution in [1.82, 2.24) is 9.80 Å². The quantitative estimate of drug-likeness (QED) is 0.923. The van der Waals surface area contributed by atoms with Crippen LogP contribution in [-0.2, 0) is 0 Å². The van der Waals surface area contributed by atoms with Crippen molar-refractivity contribution < 1.29 is 0 Å². The van der Waals surface area contributed by atoms with Gasteiger partial charge in [0.25, 0.3) is 0 Å². The number of benzene rings is 1. The summed E-state index contributed by atoms with van der Waals surface area (Å²) in [4.78, 5) is 4.96. The minimum absolute atomic E-state index is 0.465. The lowest BCUT2D eigenvalue weighted by atomic mass is 9.99. The molecule has 1 saturated heterocycles. The number of likely N-dealkylation sites (N-methyl/N-ethyl adjacent to an activating group) is 1. The summed E-state index contributed by atoms with van der Waals surface area (Å²) in [6, 6.07) is 9.66. The molecule has 0 aliphatic carbocycles. The topological polar surface area (TPSA) is 32.5 Å². The lowest BCUT2D eigenvalue weighted by Gasteiger charge is -2.44. The smallest absolute Gasteiger partial charge is 0.0352 e. The van der Waals surface area contributed by atoms with E-state index in [0.29, 0.717) is 12.1 Å². The zero-order valence-electron chi connectivity index (χ0n) is 11.8. The molecule has 1 fully saturated rings. The molecular formula is C15H24BrN3. The number of hydrogen-bond acceptors (Lipinski definition) is 3. The average Bonchev–Trinajstić information content (AvgIpc) is 2.43. The van der Waals surface area contributed by atoms with Crippen LogP contribution in [0.2, 0.25) is 0 Å². The Balaban J connectivity index is 2.18. The molecule has 19 heavy (non-hydrogen) atoms. The van der Waals surface area contributed by atoms with E-state index in [1.807, 2.05) is 0 Å². The second kappa shape index (κ2) is 6.84. The molecule has 1 heterocycles. The first-order valence-electron chi connectivity index (χ1n) is 7.05. The average molecular weight is 326 g/mol. The van der Waals surface area contributed by atoms with Gasteiger partial charge < -0.3 is 10.6 Å². The number of nitrogens with two attached hydrogens (primary N) is 1. The van der Waals surface area contributed by atoms with Gasteiger partial charge in [-0.1, -0.05) is 35.0 Å². The van der Waals surface area contributed by atoms with Crippen molar-refractivity contribution >= 4 is 15.9 Å². The second-order valence-corrected chi connectivity index (χ2v) is 6.28. The molecule has 2 N–H and O–H groups in total. The van der Waals surface area contributed by atoms with Gasteiger partial charge in [-0.05, 0) is 31.2 Å². The van der Waals surface area contributed by atoms with E-state index in [4.69, 9.17) is 5.73 Å². The van der Waals surface area contributed by atoms with Gasteiger partial charge in [0, 0.05) is 42.7 Å². The van der Waals surface area contributed by atoms with Gasteiger partial charge in [-0.2, -0.15) is 0 Å². The molecule has 106 valence electrons. The van der Waals surface area contributed by atoms with Crippen LogP contribution in [0, 0.1) is 0 Å². The van der Waals surface area contributed by atoms with E-state index in [-0.39, 0.29) is 0 Å². The lowest BCUT2D eigenvalue weighted by Crippen LogP contribution is -2.55. The highest BCUT2D eigenvalue weighted by Gasteiger charge is 2.29. The molecule has 0 aromatic heterocycles. The van der Waals surface area contributed by atoms with E-state index in [1.54, 1.807) is 0 Å². The predicted molar refractivity (Wildman–Crippen MR) is 84.2 cm³/mol. The summed E-state index contributed by atoms with van der Waals surface area (Å²) in [5.41, 5.74) is 7.37. The van der Waals surface area contributed by atoms with Gasteiger partial charge in [-0.15, -0.1) is 0 Å². The monoisotopic (exact) mass is 325 g/mol. The van der Waals surface area contributed by atoms with E-state index in [1.165, 1.54) is 5.56 Å². The minimum atomic E-state index is 0.465. The Morgan fingerprint density at radius 2 is 2.00 bits per heavy atom. The Hall–Kier alpha value is -0.420. The molecule has 1 aliphatic heterocycles. The number of rotatable bonds is 4. The lowest BCUT2D eigenvalue weighted by molar-refractivity contribution is 0.0538. The number of halogens is 1. The summed E-state index contributed by atoms with van der Waals surface area (Å²) in [6.45, 7) is 6.30. The standard InChI is InChI=1S/C15H24BrN3/c1-3-15(12-4-6-13(16)7-5-12)19-9-8-18(2)11-14(19)10-17/h4-7,14-15H,3,8-11,17H2,1-2H3. The molecule has 1 aromatic rings. The fourth-order valence-corrected chi connectivity index (χ4v) is 3.26. The van der Waals surface area contributed by atoms with E-state index < -0.39 is 0 Å². The highest BCUT2D eigenvalue weighted by molar-refractivity contribution is 9.10. The summed E-state index contributed by atoms with van der Waals surface area (Å²) in [5.74, 6) is 0. The molecular weight excluding hydrogens is 302 g/mol. The first kappa shape index (κ1) is 15.0. The van der Waals surface area contributed by atoms with E-state index in [9.17, 15) is 0 Å². The highest BCUT2D eigenvalue weighted by Crippen LogP contribution is 2.28. The van der Waals surface area contributed by atoms with Crippen LogP contribution in [0.4, 0.5) is 0 Å². The Labute approximate surface area is 124 Å². The Kier molecular flexibility index (Phi) is 5.39. The molecule has 2 unspecified atom stereocenters.